The van der Waals surface area contributed by atoms with Crippen molar-refractivity contribution in [2.75, 3.05) is 6.54 Å². The lowest BCUT2D eigenvalue weighted by atomic mass is 10.3. The van der Waals surface area contributed by atoms with E-state index in [4.69, 9.17) is 4.52 Å². The van der Waals surface area contributed by atoms with Crippen molar-refractivity contribution in [1.29, 1.82) is 0 Å². The van der Waals surface area contributed by atoms with Gasteiger partial charge >= 0.3 is 0 Å². The Morgan fingerprint density at radius 1 is 1.43 bits per heavy atom. The summed E-state index contributed by atoms with van der Waals surface area (Å²) in [4.78, 5) is 20.3. The predicted molar refractivity (Wildman–Crippen MR) is 81.5 cm³/mol. The van der Waals surface area contributed by atoms with E-state index in [2.05, 4.69) is 25.5 Å². The summed E-state index contributed by atoms with van der Waals surface area (Å²) >= 11 is 0. The number of nitrogens with zero attached hydrogens (tertiary/aromatic N) is 5. The molecule has 3 heterocycles. The molecule has 3 rings (SSSR count). The highest BCUT2D eigenvalue weighted by Gasteiger charge is 2.12. The van der Waals surface area contributed by atoms with Crippen molar-refractivity contribution in [1.82, 2.24) is 30.2 Å². The van der Waals surface area contributed by atoms with Gasteiger partial charge in [0.05, 0.1) is 5.56 Å². The molecule has 0 saturated carbocycles. The van der Waals surface area contributed by atoms with Crippen molar-refractivity contribution < 1.29 is 9.32 Å². The fraction of sp³-hybridized carbons (Fsp3) is 0.267. The first kappa shape index (κ1) is 14.9. The Morgan fingerprint density at radius 2 is 2.30 bits per heavy atom. The number of carbonyl (C=O) groups excluding carboxylic acids is 1. The fourth-order valence-electron chi connectivity index (χ4n) is 2.01. The monoisotopic (exact) mass is 312 g/mol. The van der Waals surface area contributed by atoms with Crippen LogP contribution in [-0.2, 0) is 13.5 Å². The molecule has 3 aromatic rings. The summed E-state index contributed by atoms with van der Waals surface area (Å²) in [6.45, 7) is 2.30. The van der Waals surface area contributed by atoms with Gasteiger partial charge in [-0.1, -0.05) is 5.16 Å². The third-order valence-corrected chi connectivity index (χ3v) is 3.36. The third kappa shape index (κ3) is 3.42. The molecule has 118 valence electrons. The van der Waals surface area contributed by atoms with E-state index in [1.54, 1.807) is 36.3 Å². The number of nitrogens with one attached hydrogen (secondary N) is 1. The number of amides is 1. The molecule has 3 aromatic heterocycles. The highest BCUT2D eigenvalue weighted by atomic mass is 16.5. The number of carbonyl (C=O) groups is 1. The van der Waals surface area contributed by atoms with Crippen LogP contribution >= 0.6 is 0 Å². The number of pyridine rings is 1. The minimum absolute atomic E-state index is 0.218. The zero-order valence-electron chi connectivity index (χ0n) is 12.9. The smallest absolute Gasteiger partial charge is 0.271 e. The van der Waals surface area contributed by atoms with Gasteiger partial charge in [0.15, 0.2) is 5.82 Å². The van der Waals surface area contributed by atoms with Crippen LogP contribution in [0.25, 0.3) is 11.5 Å². The molecule has 0 aromatic carbocycles. The first-order valence-electron chi connectivity index (χ1n) is 7.15. The molecule has 0 bridgehead atoms. The molecule has 0 spiro atoms. The van der Waals surface area contributed by atoms with E-state index < -0.39 is 0 Å². The Hall–Kier alpha value is -3.03. The molecular weight excluding hydrogens is 296 g/mol. The molecule has 1 amide bonds. The molecule has 1 N–H and O–H groups in total. The highest BCUT2D eigenvalue weighted by Crippen LogP contribution is 2.14. The summed E-state index contributed by atoms with van der Waals surface area (Å²) in [5.41, 5.74) is 2.09. The minimum atomic E-state index is -0.218. The van der Waals surface area contributed by atoms with E-state index in [9.17, 15) is 4.79 Å². The number of hydrogen-bond acceptors (Lipinski definition) is 6. The summed E-state index contributed by atoms with van der Waals surface area (Å²) in [5, 5.41) is 10.8. The number of aromatic nitrogens is 5. The van der Waals surface area contributed by atoms with Crippen molar-refractivity contribution in [3.8, 4) is 11.5 Å². The zero-order valence-corrected chi connectivity index (χ0v) is 12.9. The summed E-state index contributed by atoms with van der Waals surface area (Å²) in [6.07, 6.45) is 3.80. The molecule has 0 aliphatic heterocycles. The van der Waals surface area contributed by atoms with Gasteiger partial charge in [-0.05, 0) is 25.1 Å². The van der Waals surface area contributed by atoms with Gasteiger partial charge in [-0.3, -0.25) is 14.5 Å². The maximum absolute atomic E-state index is 12.0. The third-order valence-electron chi connectivity index (χ3n) is 3.36. The second-order valence-electron chi connectivity index (χ2n) is 5.06. The van der Waals surface area contributed by atoms with Crippen molar-refractivity contribution in [3.05, 3.63) is 47.8 Å². The Morgan fingerprint density at radius 3 is 3.00 bits per heavy atom. The van der Waals surface area contributed by atoms with Crippen molar-refractivity contribution in [2.24, 2.45) is 7.05 Å². The molecule has 8 nitrogen and oxygen atoms in total. The SMILES string of the molecule is Cc1cc(C(=O)NCCc2noc(-c3cccnc3)n2)nn1C. The van der Waals surface area contributed by atoms with Gasteiger partial charge in [-0.2, -0.15) is 10.1 Å². The summed E-state index contributed by atoms with van der Waals surface area (Å²) in [5.74, 6) is 0.728. The Labute approximate surface area is 132 Å². The largest absolute Gasteiger partial charge is 0.350 e. The highest BCUT2D eigenvalue weighted by molar-refractivity contribution is 5.92. The number of rotatable bonds is 5. The summed E-state index contributed by atoms with van der Waals surface area (Å²) in [6, 6.07) is 5.38. The van der Waals surface area contributed by atoms with E-state index in [0.29, 0.717) is 30.4 Å². The maximum atomic E-state index is 12.0. The van der Waals surface area contributed by atoms with E-state index >= 15 is 0 Å². The molecule has 8 heteroatoms. The number of aryl methyl sites for hydroxylation is 2. The van der Waals surface area contributed by atoms with Crippen molar-refractivity contribution in [2.45, 2.75) is 13.3 Å². The van der Waals surface area contributed by atoms with Gasteiger partial charge in [-0.25, -0.2) is 0 Å². The molecular formula is C15H16N6O2. The average Bonchev–Trinajstić information content (AvgIpc) is 3.16. The zero-order chi connectivity index (χ0) is 16.2. The predicted octanol–water partition coefficient (Wildman–Crippen LogP) is 1.15. The Bertz CT molecular complexity index is 789. The lowest BCUT2D eigenvalue weighted by molar-refractivity contribution is 0.0948. The fourth-order valence-corrected chi connectivity index (χ4v) is 2.01. The standard InChI is InChI=1S/C15H16N6O2/c1-10-8-12(19-21(10)2)14(22)17-7-5-13-18-15(23-20-13)11-4-3-6-16-9-11/h3-4,6,8-9H,5,7H2,1-2H3,(H,17,22). The van der Waals surface area contributed by atoms with Crippen LogP contribution < -0.4 is 5.32 Å². The van der Waals surface area contributed by atoms with E-state index in [1.807, 2.05) is 13.0 Å². The first-order valence-corrected chi connectivity index (χ1v) is 7.15. The van der Waals surface area contributed by atoms with Crippen LogP contribution in [-0.4, -0.2) is 37.4 Å². The van der Waals surface area contributed by atoms with E-state index in [-0.39, 0.29) is 5.91 Å². The van der Waals surface area contributed by atoms with Crippen LogP contribution in [0.4, 0.5) is 0 Å². The quantitative estimate of drug-likeness (QED) is 0.758. The second-order valence-corrected chi connectivity index (χ2v) is 5.06. The van der Waals surface area contributed by atoms with Gasteiger partial charge in [-0.15, -0.1) is 0 Å². The van der Waals surface area contributed by atoms with Crippen LogP contribution in [0.5, 0.6) is 0 Å². The molecule has 0 atom stereocenters. The normalized spacial score (nSPS) is 10.7. The van der Waals surface area contributed by atoms with Gasteiger partial charge in [0.25, 0.3) is 11.8 Å². The lowest BCUT2D eigenvalue weighted by Gasteiger charge is -1.99. The van der Waals surface area contributed by atoms with Crippen LogP contribution in [0.1, 0.15) is 22.0 Å². The van der Waals surface area contributed by atoms with Crippen molar-refractivity contribution >= 4 is 5.91 Å². The topological polar surface area (TPSA) is 98.7 Å². The van der Waals surface area contributed by atoms with Gasteiger partial charge in [0, 0.05) is 38.1 Å². The molecule has 0 fully saturated rings. The summed E-state index contributed by atoms with van der Waals surface area (Å²) < 4.78 is 6.84. The lowest BCUT2D eigenvalue weighted by Crippen LogP contribution is -2.26. The Balaban J connectivity index is 1.55. The molecule has 23 heavy (non-hydrogen) atoms. The summed E-state index contributed by atoms with van der Waals surface area (Å²) in [7, 11) is 1.80. The van der Waals surface area contributed by atoms with Crippen LogP contribution in [0.2, 0.25) is 0 Å². The second kappa shape index (κ2) is 6.39. The van der Waals surface area contributed by atoms with Gasteiger partial charge in [0.2, 0.25) is 0 Å². The van der Waals surface area contributed by atoms with Crippen molar-refractivity contribution in [3.63, 3.8) is 0 Å². The van der Waals surface area contributed by atoms with Crippen LogP contribution in [0.3, 0.4) is 0 Å². The Kier molecular flexibility index (Phi) is 4.13. The molecule has 0 radical (unpaired) electrons. The van der Waals surface area contributed by atoms with Crippen LogP contribution in [0, 0.1) is 6.92 Å². The molecule has 0 aliphatic rings. The van der Waals surface area contributed by atoms with Gasteiger partial charge in [0.1, 0.15) is 5.69 Å². The van der Waals surface area contributed by atoms with Gasteiger partial charge < -0.3 is 9.84 Å². The molecule has 0 aliphatic carbocycles. The molecule has 0 unspecified atom stereocenters. The van der Waals surface area contributed by atoms with E-state index in [1.165, 1.54) is 0 Å². The first-order chi connectivity index (χ1) is 11.1. The maximum Gasteiger partial charge on any atom is 0.271 e. The minimum Gasteiger partial charge on any atom is -0.350 e. The van der Waals surface area contributed by atoms with Crippen LogP contribution in [0.15, 0.2) is 35.1 Å². The van der Waals surface area contributed by atoms with E-state index in [0.717, 1.165) is 11.3 Å². The average molecular weight is 312 g/mol. The molecule has 0 saturated heterocycles. The number of hydrogen-bond donors (Lipinski definition) is 1.